The predicted molar refractivity (Wildman–Crippen MR) is 213 cm³/mol. The van der Waals surface area contributed by atoms with Crippen molar-refractivity contribution in [1.29, 1.82) is 0 Å². The molecule has 340 valence electrons. The summed E-state index contributed by atoms with van der Waals surface area (Å²) in [7, 11) is 5.26. The molecule has 16 nitrogen and oxygen atoms in total. The number of methoxy groups -OCH3 is 1. The van der Waals surface area contributed by atoms with Crippen molar-refractivity contribution in [1.82, 2.24) is 4.90 Å². The van der Waals surface area contributed by atoms with Crippen LogP contribution in [0.3, 0.4) is 0 Å². The molecule has 0 spiro atoms. The molecule has 3 fully saturated rings. The van der Waals surface area contributed by atoms with Gasteiger partial charge >= 0.3 is 17.9 Å². The number of aliphatic hydroxyl groups is 3. The van der Waals surface area contributed by atoms with Crippen LogP contribution in [0.4, 0.5) is 0 Å². The fraction of sp³-hybridized carbons (Fsp3) is 0.884. The summed E-state index contributed by atoms with van der Waals surface area (Å²) in [6.45, 7) is 19.6. The van der Waals surface area contributed by atoms with Crippen LogP contribution < -0.4 is 0 Å². The van der Waals surface area contributed by atoms with Crippen LogP contribution in [-0.4, -0.2) is 150 Å². The molecule has 4 aliphatic rings. The number of likely N-dealkylation sites (N-methyl/N-ethyl adjacent to an activating group) is 1. The summed E-state index contributed by atoms with van der Waals surface area (Å²) in [6, 6.07) is -0.354. The standard InChI is InChI=1S/C43H73NO15/c1-15-29-43(11,50)36(47)24(5)33-22(3)20-42(10,59-33)38(25(6)34(26(7)39(49)55-29)57-32-21-41(9,51-14)37(48)27(8)54-32)58-40-35(28(44(12)13)19-23(4)53-40)56-31(46)18-17-30(45)52-16-2/h23-29,32,34-38,40,47-48,50H,15-21H2,1-14H3/t23-,24+,25+,26-,27+,28-,29-,32+,34+,35-,36-,37+,38-,40+,41-,42-,43-/m1/s1. The SMILES string of the molecule is CCOC(=O)CCC(=O)O[C@H]1[C@H](O[C@@H]2[C@@H](C)[C@H](O[C@H]3C[C@@](C)(OC)[C@@H](O)[C@H](C)O3)[C@@H](C)C(=O)O[C@H](CC)[C@@](C)(O)[C@H](O)[C@@H](C)C3=C(C)C[C@@]2(C)O3)O[C@H](C)C[C@H]1N(C)C. The van der Waals surface area contributed by atoms with Gasteiger partial charge in [0.1, 0.15) is 35.3 Å². The molecule has 4 heterocycles. The Bertz CT molecular complexity index is 1490. The smallest absolute Gasteiger partial charge is 0.311 e. The van der Waals surface area contributed by atoms with Crippen molar-refractivity contribution >= 4 is 17.9 Å². The molecule has 17 atom stereocenters. The second-order valence-electron chi connectivity index (χ2n) is 18.1. The second-order valence-corrected chi connectivity index (χ2v) is 18.1. The number of cyclic esters (lactones) is 1. The van der Waals surface area contributed by atoms with E-state index in [0.29, 0.717) is 18.6 Å². The lowest BCUT2D eigenvalue weighted by atomic mass is 9.78. The number of aliphatic hydroxyl groups excluding tert-OH is 2. The number of rotatable bonds is 12. The lowest BCUT2D eigenvalue weighted by Crippen LogP contribution is -2.61. The fourth-order valence-corrected chi connectivity index (χ4v) is 9.49. The molecule has 3 N–H and O–H groups in total. The minimum Gasteiger partial charge on any atom is -0.489 e. The molecule has 0 radical (unpaired) electrons. The van der Waals surface area contributed by atoms with E-state index in [1.54, 1.807) is 41.5 Å². The molecule has 2 bridgehead atoms. The summed E-state index contributed by atoms with van der Waals surface area (Å²) < 4.78 is 56.6. The van der Waals surface area contributed by atoms with E-state index < -0.39 is 108 Å². The highest BCUT2D eigenvalue weighted by molar-refractivity contribution is 5.77. The van der Waals surface area contributed by atoms with Crippen molar-refractivity contribution in [3.8, 4) is 0 Å². The third-order valence-corrected chi connectivity index (χ3v) is 13.0. The summed E-state index contributed by atoms with van der Waals surface area (Å²) in [6.07, 6.45) is -8.71. The Morgan fingerprint density at radius 3 is 2.15 bits per heavy atom. The van der Waals surface area contributed by atoms with Crippen LogP contribution in [0.1, 0.15) is 115 Å². The molecular formula is C43H73NO15. The van der Waals surface area contributed by atoms with Crippen LogP contribution in [0, 0.1) is 17.8 Å². The highest BCUT2D eigenvalue weighted by atomic mass is 16.7. The number of carbonyl (C=O) groups excluding carboxylic acids is 3. The zero-order valence-corrected chi connectivity index (χ0v) is 37.7. The third kappa shape index (κ3) is 10.8. The van der Waals surface area contributed by atoms with Gasteiger partial charge in [-0.15, -0.1) is 0 Å². The Balaban J connectivity index is 1.85. The van der Waals surface area contributed by atoms with Gasteiger partial charge in [0, 0.05) is 31.8 Å². The van der Waals surface area contributed by atoms with Gasteiger partial charge in [0.05, 0.1) is 61.4 Å². The average Bonchev–Trinajstić information content (AvgIpc) is 3.49. The topological polar surface area (TPSA) is 198 Å². The molecule has 0 amide bonds. The molecule has 0 aliphatic carbocycles. The van der Waals surface area contributed by atoms with Gasteiger partial charge in [0.25, 0.3) is 0 Å². The maximum absolute atomic E-state index is 14.3. The molecule has 4 rings (SSSR count). The molecule has 0 aromatic rings. The first-order chi connectivity index (χ1) is 27.4. The monoisotopic (exact) mass is 843 g/mol. The Morgan fingerprint density at radius 1 is 0.915 bits per heavy atom. The van der Waals surface area contributed by atoms with Gasteiger partial charge in [-0.2, -0.15) is 0 Å². The van der Waals surface area contributed by atoms with E-state index >= 15 is 0 Å². The number of fused-ring (bicyclic) bond motifs is 2. The number of carbonyl (C=O) groups is 3. The zero-order chi connectivity index (χ0) is 44.4. The minimum absolute atomic E-state index is 0.123. The van der Waals surface area contributed by atoms with E-state index in [0.717, 1.165) is 5.57 Å². The van der Waals surface area contributed by atoms with E-state index in [1.807, 2.05) is 46.7 Å². The van der Waals surface area contributed by atoms with Crippen molar-refractivity contribution in [2.24, 2.45) is 17.8 Å². The van der Waals surface area contributed by atoms with Crippen molar-refractivity contribution in [2.45, 2.75) is 199 Å². The Kier molecular flexibility index (Phi) is 16.5. The second kappa shape index (κ2) is 19.7. The number of ether oxygens (including phenoxy) is 9. The molecule has 4 aliphatic heterocycles. The maximum atomic E-state index is 14.3. The van der Waals surface area contributed by atoms with Crippen LogP contribution in [0.25, 0.3) is 0 Å². The number of nitrogens with zero attached hydrogens (tertiary/aromatic N) is 1. The molecule has 0 unspecified atom stereocenters. The molecule has 3 saturated heterocycles. The van der Waals surface area contributed by atoms with Gasteiger partial charge in [0.2, 0.25) is 0 Å². The van der Waals surface area contributed by atoms with E-state index in [4.69, 9.17) is 42.6 Å². The average molecular weight is 844 g/mol. The normalized spacial score (nSPS) is 43.5. The van der Waals surface area contributed by atoms with E-state index in [1.165, 1.54) is 14.0 Å². The first-order valence-electron chi connectivity index (χ1n) is 21.3. The summed E-state index contributed by atoms with van der Waals surface area (Å²) in [4.78, 5) is 41.8. The van der Waals surface area contributed by atoms with Gasteiger partial charge in [-0.05, 0) is 87.9 Å². The molecule has 0 aromatic carbocycles. The summed E-state index contributed by atoms with van der Waals surface area (Å²) in [5, 5.41) is 34.7. The summed E-state index contributed by atoms with van der Waals surface area (Å²) in [5.41, 5.74) is -3.28. The van der Waals surface area contributed by atoms with Crippen molar-refractivity contribution in [3.63, 3.8) is 0 Å². The maximum Gasteiger partial charge on any atom is 0.311 e. The van der Waals surface area contributed by atoms with Crippen molar-refractivity contribution in [3.05, 3.63) is 11.3 Å². The van der Waals surface area contributed by atoms with Crippen LogP contribution in [0.5, 0.6) is 0 Å². The third-order valence-electron chi connectivity index (χ3n) is 13.0. The largest absolute Gasteiger partial charge is 0.489 e. The Morgan fingerprint density at radius 2 is 1.56 bits per heavy atom. The van der Waals surface area contributed by atoms with Crippen LogP contribution in [0.15, 0.2) is 11.3 Å². The quantitative estimate of drug-likeness (QED) is 0.189. The first kappa shape index (κ1) is 49.2. The van der Waals surface area contributed by atoms with Crippen LogP contribution in [0.2, 0.25) is 0 Å². The van der Waals surface area contributed by atoms with Gasteiger partial charge in [0.15, 0.2) is 18.7 Å². The zero-order valence-electron chi connectivity index (χ0n) is 37.7. The Labute approximate surface area is 350 Å². The highest BCUT2D eigenvalue weighted by Gasteiger charge is 2.56. The van der Waals surface area contributed by atoms with E-state index in [9.17, 15) is 29.7 Å². The van der Waals surface area contributed by atoms with Gasteiger partial charge in [-0.25, -0.2) is 0 Å². The van der Waals surface area contributed by atoms with Crippen molar-refractivity contribution < 1.29 is 72.3 Å². The van der Waals surface area contributed by atoms with Crippen molar-refractivity contribution in [2.75, 3.05) is 27.8 Å². The lowest BCUT2D eigenvalue weighted by molar-refractivity contribution is -0.317. The molecule has 59 heavy (non-hydrogen) atoms. The number of hydrogen-bond acceptors (Lipinski definition) is 16. The van der Waals surface area contributed by atoms with Gasteiger partial charge in [-0.3, -0.25) is 14.4 Å². The predicted octanol–water partition coefficient (Wildman–Crippen LogP) is 3.79. The van der Waals surface area contributed by atoms with Crippen LogP contribution in [-0.2, 0) is 57.0 Å². The molecule has 0 saturated carbocycles. The fourth-order valence-electron chi connectivity index (χ4n) is 9.49. The molecule has 0 aromatic heterocycles. The van der Waals surface area contributed by atoms with Crippen LogP contribution >= 0.6 is 0 Å². The van der Waals surface area contributed by atoms with Gasteiger partial charge < -0.3 is 62.9 Å². The van der Waals surface area contributed by atoms with Gasteiger partial charge in [-0.1, -0.05) is 20.8 Å². The molecule has 16 heteroatoms. The highest BCUT2D eigenvalue weighted by Crippen LogP contribution is 2.47. The number of hydrogen-bond donors (Lipinski definition) is 3. The van der Waals surface area contributed by atoms with E-state index in [-0.39, 0.29) is 44.4 Å². The number of esters is 3. The minimum atomic E-state index is -1.87. The van der Waals surface area contributed by atoms with E-state index in [2.05, 4.69) is 0 Å². The summed E-state index contributed by atoms with van der Waals surface area (Å²) in [5.74, 6) is -3.81. The summed E-state index contributed by atoms with van der Waals surface area (Å²) >= 11 is 0. The lowest BCUT2D eigenvalue weighted by Gasteiger charge is -2.49. The Hall–Kier alpha value is -2.41. The molecular weight excluding hydrogens is 770 g/mol. The first-order valence-corrected chi connectivity index (χ1v) is 21.3.